The first kappa shape index (κ1) is 26.8. The molecule has 0 aliphatic carbocycles. The van der Waals surface area contributed by atoms with Crippen LogP contribution >= 0.6 is 0 Å². The summed E-state index contributed by atoms with van der Waals surface area (Å²) < 4.78 is 5.00. The number of benzene rings is 1. The standard InChI is InChI=1S/C27H38N6O4/c1-18(2)24(27(36)37-4)30-25-21-7-5-6-8-22(21)28-23(29-25)17-31-13-15-33(16-14-31)26(35)20-9-11-32(12-10-20)19(3)34/h5-8,18,20,24H,9-17H2,1-4H3,(H,28,29,30)/t24-/m0/s1. The molecule has 1 aromatic carbocycles. The van der Waals surface area contributed by atoms with E-state index in [0.717, 1.165) is 36.8 Å². The Labute approximate surface area is 218 Å². The van der Waals surface area contributed by atoms with Crippen molar-refractivity contribution in [2.45, 2.75) is 46.2 Å². The zero-order chi connectivity index (χ0) is 26.5. The largest absolute Gasteiger partial charge is 0.467 e. The number of amides is 2. The molecule has 2 aromatic rings. The van der Waals surface area contributed by atoms with Gasteiger partial charge in [0.25, 0.3) is 0 Å². The summed E-state index contributed by atoms with van der Waals surface area (Å²) >= 11 is 0. The number of esters is 1. The van der Waals surface area contributed by atoms with Gasteiger partial charge in [0.05, 0.1) is 19.2 Å². The monoisotopic (exact) mass is 510 g/mol. The number of para-hydroxylation sites is 1. The average Bonchev–Trinajstić information content (AvgIpc) is 2.91. The van der Waals surface area contributed by atoms with Gasteiger partial charge in [0.15, 0.2) is 0 Å². The lowest BCUT2D eigenvalue weighted by atomic mass is 9.95. The van der Waals surface area contributed by atoms with Crippen LogP contribution in [0.3, 0.4) is 0 Å². The topological polar surface area (TPSA) is 108 Å². The van der Waals surface area contributed by atoms with Crippen molar-refractivity contribution in [2.75, 3.05) is 51.7 Å². The fourth-order valence-electron chi connectivity index (χ4n) is 5.10. The van der Waals surface area contributed by atoms with E-state index in [4.69, 9.17) is 14.7 Å². The average molecular weight is 511 g/mol. The van der Waals surface area contributed by atoms with Crippen LogP contribution in [0.2, 0.25) is 0 Å². The van der Waals surface area contributed by atoms with Crippen LogP contribution in [0.1, 0.15) is 39.4 Å². The molecular formula is C27H38N6O4. The molecule has 37 heavy (non-hydrogen) atoms. The number of aromatic nitrogens is 2. The lowest BCUT2D eigenvalue weighted by Gasteiger charge is -2.38. The van der Waals surface area contributed by atoms with Crippen LogP contribution in [0.15, 0.2) is 24.3 Å². The molecule has 1 N–H and O–H groups in total. The first-order valence-corrected chi connectivity index (χ1v) is 13.1. The molecule has 4 rings (SSSR count). The Morgan fingerprint density at radius 3 is 2.30 bits per heavy atom. The van der Waals surface area contributed by atoms with E-state index in [1.807, 2.05) is 47.9 Å². The molecule has 0 radical (unpaired) electrons. The summed E-state index contributed by atoms with van der Waals surface area (Å²) in [5.74, 6) is 1.28. The van der Waals surface area contributed by atoms with Gasteiger partial charge in [0.2, 0.25) is 11.8 Å². The van der Waals surface area contributed by atoms with Gasteiger partial charge < -0.3 is 19.9 Å². The normalized spacial score (nSPS) is 18.2. The van der Waals surface area contributed by atoms with Crippen molar-refractivity contribution in [3.63, 3.8) is 0 Å². The van der Waals surface area contributed by atoms with Gasteiger partial charge in [-0.3, -0.25) is 14.5 Å². The molecular weight excluding hydrogens is 472 g/mol. The number of carbonyl (C=O) groups is 3. The summed E-state index contributed by atoms with van der Waals surface area (Å²) in [7, 11) is 1.39. The predicted octanol–water partition coefficient (Wildman–Crippen LogP) is 2.14. The fraction of sp³-hybridized carbons (Fsp3) is 0.593. The number of ether oxygens (including phenoxy) is 1. The number of anilines is 1. The second-order valence-electron chi connectivity index (χ2n) is 10.3. The van der Waals surface area contributed by atoms with E-state index in [-0.39, 0.29) is 29.6 Å². The summed E-state index contributed by atoms with van der Waals surface area (Å²) in [4.78, 5) is 52.6. The second-order valence-corrected chi connectivity index (χ2v) is 10.3. The first-order valence-electron chi connectivity index (χ1n) is 13.1. The third-order valence-corrected chi connectivity index (χ3v) is 7.40. The zero-order valence-corrected chi connectivity index (χ0v) is 22.3. The van der Waals surface area contributed by atoms with Crippen molar-refractivity contribution < 1.29 is 19.1 Å². The van der Waals surface area contributed by atoms with Crippen LogP contribution in [0.5, 0.6) is 0 Å². The molecule has 0 bridgehead atoms. The number of rotatable bonds is 7. The maximum atomic E-state index is 13.1. The van der Waals surface area contributed by atoms with Gasteiger partial charge in [-0.05, 0) is 30.9 Å². The molecule has 3 heterocycles. The molecule has 2 amide bonds. The number of piperidine rings is 1. The minimum Gasteiger partial charge on any atom is -0.467 e. The van der Waals surface area contributed by atoms with Crippen LogP contribution in [-0.2, 0) is 25.7 Å². The predicted molar refractivity (Wildman–Crippen MR) is 141 cm³/mol. The van der Waals surface area contributed by atoms with Gasteiger partial charge >= 0.3 is 5.97 Å². The van der Waals surface area contributed by atoms with Crippen LogP contribution in [0, 0.1) is 11.8 Å². The summed E-state index contributed by atoms with van der Waals surface area (Å²) in [5, 5.41) is 4.15. The maximum Gasteiger partial charge on any atom is 0.328 e. The molecule has 1 aromatic heterocycles. The number of methoxy groups -OCH3 is 1. The van der Waals surface area contributed by atoms with E-state index in [1.54, 1.807) is 6.92 Å². The van der Waals surface area contributed by atoms with E-state index in [0.29, 0.717) is 44.4 Å². The molecule has 0 saturated carbocycles. The van der Waals surface area contributed by atoms with Crippen molar-refractivity contribution in [1.82, 2.24) is 24.7 Å². The molecule has 1 atom stereocenters. The first-order chi connectivity index (χ1) is 17.8. The van der Waals surface area contributed by atoms with Crippen LogP contribution < -0.4 is 5.32 Å². The highest BCUT2D eigenvalue weighted by Gasteiger charge is 2.31. The van der Waals surface area contributed by atoms with Crippen LogP contribution in [0.25, 0.3) is 10.9 Å². The van der Waals surface area contributed by atoms with Crippen LogP contribution in [-0.4, -0.2) is 94.9 Å². The Bertz CT molecular complexity index is 1120. The molecule has 200 valence electrons. The van der Waals surface area contributed by atoms with E-state index < -0.39 is 6.04 Å². The molecule has 10 nitrogen and oxygen atoms in total. The minimum absolute atomic E-state index is 0.00307. The number of likely N-dealkylation sites (tertiary alicyclic amines) is 1. The van der Waals surface area contributed by atoms with Crippen molar-refractivity contribution in [2.24, 2.45) is 11.8 Å². The van der Waals surface area contributed by atoms with Crippen molar-refractivity contribution in [3.05, 3.63) is 30.1 Å². The smallest absolute Gasteiger partial charge is 0.328 e. The van der Waals surface area contributed by atoms with Gasteiger partial charge in [0.1, 0.15) is 17.7 Å². The molecule has 2 saturated heterocycles. The highest BCUT2D eigenvalue weighted by Crippen LogP contribution is 2.24. The number of carbonyl (C=O) groups excluding carboxylic acids is 3. The van der Waals surface area contributed by atoms with Crippen LogP contribution in [0.4, 0.5) is 5.82 Å². The molecule has 10 heteroatoms. The SMILES string of the molecule is COC(=O)[C@@H](Nc1nc(CN2CCN(C(=O)C3CCN(C(C)=O)CC3)CC2)nc2ccccc12)C(C)C. The molecule has 2 aliphatic rings. The number of nitrogens with one attached hydrogen (secondary N) is 1. The fourth-order valence-corrected chi connectivity index (χ4v) is 5.10. The number of fused-ring (bicyclic) bond motifs is 1. The van der Waals surface area contributed by atoms with Crippen molar-refractivity contribution in [1.29, 1.82) is 0 Å². The number of piperazine rings is 1. The lowest BCUT2D eigenvalue weighted by Crippen LogP contribution is -2.51. The van der Waals surface area contributed by atoms with Crippen molar-refractivity contribution in [3.8, 4) is 0 Å². The van der Waals surface area contributed by atoms with Crippen molar-refractivity contribution >= 4 is 34.5 Å². The third-order valence-electron chi connectivity index (χ3n) is 7.40. The Morgan fingerprint density at radius 2 is 1.68 bits per heavy atom. The summed E-state index contributed by atoms with van der Waals surface area (Å²) in [6.45, 7) is 10.2. The number of hydrogen-bond donors (Lipinski definition) is 1. The Balaban J connectivity index is 1.40. The Kier molecular flexibility index (Phi) is 8.58. The molecule has 0 spiro atoms. The minimum atomic E-state index is -0.520. The van der Waals surface area contributed by atoms with E-state index >= 15 is 0 Å². The summed E-state index contributed by atoms with van der Waals surface area (Å²) in [6, 6.07) is 7.24. The van der Waals surface area contributed by atoms with Gasteiger partial charge in [-0.2, -0.15) is 0 Å². The highest BCUT2D eigenvalue weighted by atomic mass is 16.5. The third kappa shape index (κ3) is 6.36. The second kappa shape index (κ2) is 11.9. The Morgan fingerprint density at radius 1 is 1.00 bits per heavy atom. The van der Waals surface area contributed by atoms with E-state index in [1.165, 1.54) is 7.11 Å². The highest BCUT2D eigenvalue weighted by molar-refractivity contribution is 5.91. The van der Waals surface area contributed by atoms with E-state index in [2.05, 4.69) is 10.2 Å². The maximum absolute atomic E-state index is 13.1. The summed E-state index contributed by atoms with van der Waals surface area (Å²) in [5.41, 5.74) is 0.813. The Hall–Kier alpha value is -3.27. The lowest BCUT2D eigenvalue weighted by molar-refractivity contribution is -0.142. The van der Waals surface area contributed by atoms with E-state index in [9.17, 15) is 14.4 Å². The van der Waals surface area contributed by atoms with Gasteiger partial charge in [-0.15, -0.1) is 0 Å². The number of hydrogen-bond acceptors (Lipinski definition) is 8. The molecule has 2 aliphatic heterocycles. The zero-order valence-electron chi connectivity index (χ0n) is 22.3. The van der Waals surface area contributed by atoms with Gasteiger partial charge in [-0.1, -0.05) is 26.0 Å². The van der Waals surface area contributed by atoms with Gasteiger partial charge in [-0.25, -0.2) is 14.8 Å². The molecule has 0 unspecified atom stereocenters. The van der Waals surface area contributed by atoms with Gasteiger partial charge in [0, 0.05) is 57.5 Å². The number of nitrogens with zero attached hydrogens (tertiary/aromatic N) is 5. The summed E-state index contributed by atoms with van der Waals surface area (Å²) in [6.07, 6.45) is 1.48. The molecule has 2 fully saturated rings. The quantitative estimate of drug-likeness (QED) is 0.565.